The lowest BCUT2D eigenvalue weighted by atomic mass is 9.93. The normalized spacial score (nSPS) is 28.5. The van der Waals surface area contributed by atoms with E-state index < -0.39 is 0 Å². The van der Waals surface area contributed by atoms with Gasteiger partial charge < -0.3 is 16.0 Å². The number of nitrogen functional groups attached to an aromatic ring is 1. The number of carbonyl (C=O) groups excluding carboxylic acids is 1. The fraction of sp³-hybridized carbons (Fsp3) is 0.733. The van der Waals surface area contributed by atoms with Gasteiger partial charge in [0.1, 0.15) is 10.7 Å². The Morgan fingerprint density at radius 1 is 1.19 bits per heavy atom. The lowest BCUT2D eigenvalue weighted by Crippen LogP contribution is -2.29. The van der Waals surface area contributed by atoms with Crippen LogP contribution in [0.15, 0.2) is 0 Å². The molecule has 1 aliphatic heterocycles. The van der Waals surface area contributed by atoms with Gasteiger partial charge in [0.05, 0.1) is 0 Å². The smallest absolute Gasteiger partial charge is 0.267 e. The third kappa shape index (κ3) is 2.39. The van der Waals surface area contributed by atoms with Gasteiger partial charge in [-0.25, -0.2) is 4.98 Å². The molecule has 21 heavy (non-hydrogen) atoms. The minimum atomic E-state index is 0.0843. The molecule has 6 heteroatoms. The molecule has 0 spiro atoms. The molecular formula is C15H22N4OS. The summed E-state index contributed by atoms with van der Waals surface area (Å²) in [5.74, 6) is 1.91. The summed E-state index contributed by atoms with van der Waals surface area (Å²) >= 11 is 1.42. The first kappa shape index (κ1) is 13.4. The summed E-state index contributed by atoms with van der Waals surface area (Å²) in [6.45, 7) is 1.82. The Kier molecular flexibility index (Phi) is 3.28. The summed E-state index contributed by atoms with van der Waals surface area (Å²) in [4.78, 5) is 19.6. The number of nitrogens with zero attached hydrogens (tertiary/aromatic N) is 2. The number of anilines is 2. The van der Waals surface area contributed by atoms with Crippen LogP contribution in [0.3, 0.4) is 0 Å². The summed E-state index contributed by atoms with van der Waals surface area (Å²) in [5, 5.41) is 4.19. The topological polar surface area (TPSA) is 71.2 Å². The van der Waals surface area contributed by atoms with Gasteiger partial charge in [0.2, 0.25) is 0 Å². The van der Waals surface area contributed by atoms with Crippen molar-refractivity contribution >= 4 is 28.2 Å². The maximum atomic E-state index is 12.7. The van der Waals surface area contributed by atoms with Gasteiger partial charge in [-0.15, -0.1) is 0 Å². The number of nitrogens with two attached hydrogens (primary N) is 1. The zero-order valence-electron chi connectivity index (χ0n) is 12.2. The van der Waals surface area contributed by atoms with Crippen molar-refractivity contribution in [3.05, 3.63) is 4.88 Å². The average Bonchev–Trinajstić information content (AvgIpc) is 3.06. The Hall–Kier alpha value is -1.30. The number of aromatic nitrogens is 1. The molecular weight excluding hydrogens is 284 g/mol. The molecule has 2 atom stereocenters. The summed E-state index contributed by atoms with van der Waals surface area (Å²) in [6, 6.07) is 0.518. The van der Waals surface area contributed by atoms with Gasteiger partial charge >= 0.3 is 0 Å². The van der Waals surface area contributed by atoms with Crippen molar-refractivity contribution in [2.75, 3.05) is 24.1 Å². The number of hydrogen-bond donors (Lipinski definition) is 2. The second kappa shape index (κ2) is 5.16. The molecule has 1 aromatic heterocycles. The van der Waals surface area contributed by atoms with Crippen molar-refractivity contribution in [2.45, 2.75) is 44.6 Å². The highest BCUT2D eigenvalue weighted by atomic mass is 32.1. The first-order chi connectivity index (χ1) is 10.2. The quantitative estimate of drug-likeness (QED) is 0.900. The first-order valence-corrected chi connectivity index (χ1v) is 8.84. The lowest BCUT2D eigenvalue weighted by Gasteiger charge is -2.25. The van der Waals surface area contributed by atoms with Crippen molar-refractivity contribution in [2.24, 2.45) is 11.8 Å². The molecule has 2 saturated carbocycles. The standard InChI is InChI=1S/C15H22N4OS/c16-13-12(21-15(18-13)17-11-5-2-6-11)14(20)19-7-9-3-1-4-10(9)8-19/h9-11H,1-8,16H2,(H,17,18). The van der Waals surface area contributed by atoms with Crippen LogP contribution < -0.4 is 11.1 Å². The second-order valence-corrected chi connectivity index (χ2v) is 7.67. The van der Waals surface area contributed by atoms with Gasteiger partial charge in [0, 0.05) is 19.1 Å². The molecule has 0 aromatic carbocycles. The Morgan fingerprint density at radius 2 is 1.86 bits per heavy atom. The molecule has 0 bridgehead atoms. The monoisotopic (exact) mass is 306 g/mol. The van der Waals surface area contributed by atoms with E-state index in [2.05, 4.69) is 10.3 Å². The Morgan fingerprint density at radius 3 is 2.48 bits per heavy atom. The number of rotatable bonds is 3. The number of carbonyl (C=O) groups is 1. The maximum absolute atomic E-state index is 12.7. The van der Waals surface area contributed by atoms with E-state index in [9.17, 15) is 4.79 Å². The number of nitrogens with one attached hydrogen (secondary N) is 1. The highest BCUT2D eigenvalue weighted by molar-refractivity contribution is 7.18. The number of thiazole rings is 1. The van der Waals surface area contributed by atoms with Crippen LogP contribution in [0, 0.1) is 11.8 Å². The molecule has 3 N–H and O–H groups in total. The van der Waals surface area contributed by atoms with Gasteiger partial charge in [0.25, 0.3) is 5.91 Å². The Bertz CT molecular complexity index is 542. The highest BCUT2D eigenvalue weighted by Gasteiger charge is 2.39. The van der Waals surface area contributed by atoms with Gasteiger partial charge in [-0.05, 0) is 43.9 Å². The average molecular weight is 306 g/mol. The molecule has 2 heterocycles. The number of fused-ring (bicyclic) bond motifs is 1. The second-order valence-electron chi connectivity index (χ2n) is 6.67. The SMILES string of the molecule is Nc1nc(NC2CCC2)sc1C(=O)N1CC2CCCC2C1. The van der Waals surface area contributed by atoms with Crippen LogP contribution in [0.25, 0.3) is 0 Å². The van der Waals surface area contributed by atoms with Crippen LogP contribution in [-0.4, -0.2) is 34.9 Å². The van der Waals surface area contributed by atoms with Crippen LogP contribution in [0.4, 0.5) is 10.9 Å². The van der Waals surface area contributed by atoms with E-state index in [0.717, 1.165) is 30.1 Å². The third-order valence-electron chi connectivity index (χ3n) is 5.29. The summed E-state index contributed by atoms with van der Waals surface area (Å²) in [5.41, 5.74) is 5.97. The van der Waals surface area contributed by atoms with Crippen molar-refractivity contribution in [3.63, 3.8) is 0 Å². The minimum Gasteiger partial charge on any atom is -0.382 e. The number of likely N-dealkylation sites (tertiary alicyclic amines) is 1. The van der Waals surface area contributed by atoms with E-state index in [1.165, 1.54) is 49.9 Å². The van der Waals surface area contributed by atoms with E-state index in [4.69, 9.17) is 5.73 Å². The molecule has 2 unspecified atom stereocenters. The lowest BCUT2D eigenvalue weighted by molar-refractivity contribution is 0.0786. The molecule has 3 fully saturated rings. The van der Waals surface area contributed by atoms with Gasteiger partial charge in [-0.3, -0.25) is 4.79 Å². The van der Waals surface area contributed by atoms with E-state index >= 15 is 0 Å². The first-order valence-electron chi connectivity index (χ1n) is 8.03. The number of hydrogen-bond acceptors (Lipinski definition) is 5. The molecule has 4 rings (SSSR count). The molecule has 1 aromatic rings. The number of amides is 1. The molecule has 0 radical (unpaired) electrons. The largest absolute Gasteiger partial charge is 0.382 e. The van der Waals surface area contributed by atoms with Gasteiger partial charge in [-0.1, -0.05) is 17.8 Å². The molecule has 3 aliphatic rings. The van der Waals surface area contributed by atoms with E-state index in [-0.39, 0.29) is 5.91 Å². The van der Waals surface area contributed by atoms with Crippen molar-refractivity contribution in [1.29, 1.82) is 0 Å². The third-order valence-corrected chi connectivity index (χ3v) is 6.28. The fourth-order valence-electron chi connectivity index (χ4n) is 3.82. The fourth-order valence-corrected chi connectivity index (χ4v) is 4.75. The maximum Gasteiger partial charge on any atom is 0.267 e. The molecule has 2 aliphatic carbocycles. The van der Waals surface area contributed by atoms with Crippen LogP contribution in [0.1, 0.15) is 48.2 Å². The molecule has 5 nitrogen and oxygen atoms in total. The van der Waals surface area contributed by atoms with Crippen LogP contribution in [-0.2, 0) is 0 Å². The Balaban J connectivity index is 1.46. The summed E-state index contributed by atoms with van der Waals surface area (Å²) in [7, 11) is 0. The van der Waals surface area contributed by atoms with E-state index in [1.807, 2.05) is 4.90 Å². The van der Waals surface area contributed by atoms with Crippen LogP contribution >= 0.6 is 11.3 Å². The Labute approximate surface area is 128 Å². The predicted octanol–water partition coefficient (Wildman–Crippen LogP) is 2.56. The van der Waals surface area contributed by atoms with Gasteiger partial charge in [0.15, 0.2) is 5.13 Å². The molecule has 1 saturated heterocycles. The summed E-state index contributed by atoms with van der Waals surface area (Å²) in [6.07, 6.45) is 7.55. The van der Waals surface area contributed by atoms with E-state index in [1.54, 1.807) is 0 Å². The molecule has 114 valence electrons. The zero-order chi connectivity index (χ0) is 14.4. The van der Waals surface area contributed by atoms with Crippen LogP contribution in [0.5, 0.6) is 0 Å². The van der Waals surface area contributed by atoms with Gasteiger partial charge in [-0.2, -0.15) is 0 Å². The van der Waals surface area contributed by atoms with E-state index in [0.29, 0.717) is 16.7 Å². The minimum absolute atomic E-state index is 0.0843. The summed E-state index contributed by atoms with van der Waals surface area (Å²) < 4.78 is 0. The highest BCUT2D eigenvalue weighted by Crippen LogP contribution is 2.39. The van der Waals surface area contributed by atoms with Crippen molar-refractivity contribution in [1.82, 2.24) is 9.88 Å². The van der Waals surface area contributed by atoms with Crippen LogP contribution in [0.2, 0.25) is 0 Å². The van der Waals surface area contributed by atoms with Crippen molar-refractivity contribution in [3.8, 4) is 0 Å². The zero-order valence-corrected chi connectivity index (χ0v) is 13.0. The molecule has 1 amide bonds. The van der Waals surface area contributed by atoms with Crippen molar-refractivity contribution < 1.29 is 4.79 Å². The predicted molar refractivity (Wildman–Crippen MR) is 84.5 cm³/mol.